The predicted molar refractivity (Wildman–Crippen MR) is 106 cm³/mol. The van der Waals surface area contributed by atoms with Crippen molar-refractivity contribution in [1.82, 2.24) is 15.0 Å². The van der Waals surface area contributed by atoms with E-state index in [2.05, 4.69) is 26.9 Å². The van der Waals surface area contributed by atoms with Crippen molar-refractivity contribution in [2.75, 3.05) is 31.1 Å². The summed E-state index contributed by atoms with van der Waals surface area (Å²) in [6, 6.07) is 14.6. The van der Waals surface area contributed by atoms with Crippen molar-refractivity contribution in [3.8, 4) is 11.4 Å². The molecule has 4 rings (SSSR count). The number of hydrogen-bond acceptors (Lipinski definition) is 6. The van der Waals surface area contributed by atoms with Gasteiger partial charge in [0.05, 0.1) is 6.04 Å². The number of benzene rings is 2. The fraction of sp³-hybridized carbons (Fsp3) is 0.333. The van der Waals surface area contributed by atoms with Crippen molar-refractivity contribution in [3.63, 3.8) is 0 Å². The van der Waals surface area contributed by atoms with Crippen LogP contribution in [0.25, 0.3) is 11.4 Å². The molecule has 2 heterocycles. The first-order valence-electron chi connectivity index (χ1n) is 9.51. The molecular formula is C21H24FN5O. The van der Waals surface area contributed by atoms with Gasteiger partial charge in [0, 0.05) is 44.0 Å². The topological polar surface area (TPSA) is 71.4 Å². The summed E-state index contributed by atoms with van der Waals surface area (Å²) < 4.78 is 18.6. The van der Waals surface area contributed by atoms with Crippen molar-refractivity contribution in [2.45, 2.75) is 19.5 Å². The second-order valence-electron chi connectivity index (χ2n) is 7.03. The van der Waals surface area contributed by atoms with E-state index in [0.717, 1.165) is 43.0 Å². The van der Waals surface area contributed by atoms with E-state index in [1.807, 2.05) is 36.4 Å². The van der Waals surface area contributed by atoms with Gasteiger partial charge >= 0.3 is 0 Å². The molecule has 2 N–H and O–H groups in total. The third-order valence-corrected chi connectivity index (χ3v) is 5.30. The lowest BCUT2D eigenvalue weighted by molar-refractivity contribution is 0.164. The molecule has 0 radical (unpaired) electrons. The summed E-state index contributed by atoms with van der Waals surface area (Å²) in [6.07, 6.45) is 0. The molecule has 0 saturated carbocycles. The van der Waals surface area contributed by atoms with Gasteiger partial charge in [0.1, 0.15) is 5.82 Å². The van der Waals surface area contributed by atoms with Gasteiger partial charge in [0.25, 0.3) is 0 Å². The third-order valence-electron chi connectivity index (χ3n) is 5.30. The molecule has 1 unspecified atom stereocenters. The third kappa shape index (κ3) is 3.90. The molecule has 3 aromatic rings. The van der Waals surface area contributed by atoms with E-state index in [0.29, 0.717) is 18.3 Å². The molecule has 28 heavy (non-hydrogen) atoms. The maximum Gasteiger partial charge on any atom is 0.244 e. The number of aromatic nitrogens is 2. The monoisotopic (exact) mass is 381 g/mol. The Morgan fingerprint density at radius 1 is 1.04 bits per heavy atom. The summed E-state index contributed by atoms with van der Waals surface area (Å²) in [5.74, 6) is 1.00. The van der Waals surface area contributed by atoms with Crippen LogP contribution >= 0.6 is 0 Å². The molecule has 0 spiro atoms. The summed E-state index contributed by atoms with van der Waals surface area (Å²) in [5, 5.41) is 4.14. The van der Waals surface area contributed by atoms with Gasteiger partial charge in [-0.05, 0) is 36.8 Å². The second kappa shape index (κ2) is 8.08. The highest BCUT2D eigenvalue weighted by Gasteiger charge is 2.26. The molecule has 7 heteroatoms. The van der Waals surface area contributed by atoms with Gasteiger partial charge in [-0.15, -0.1) is 0 Å². The summed E-state index contributed by atoms with van der Waals surface area (Å²) in [5.41, 5.74) is 8.68. The quantitative estimate of drug-likeness (QED) is 0.732. The highest BCUT2D eigenvalue weighted by Crippen LogP contribution is 2.25. The van der Waals surface area contributed by atoms with Crippen LogP contribution in [0.15, 0.2) is 53.1 Å². The van der Waals surface area contributed by atoms with E-state index >= 15 is 0 Å². The van der Waals surface area contributed by atoms with E-state index in [4.69, 9.17) is 10.3 Å². The van der Waals surface area contributed by atoms with Gasteiger partial charge in [0.15, 0.2) is 0 Å². The van der Waals surface area contributed by atoms with Gasteiger partial charge in [-0.1, -0.05) is 29.4 Å². The zero-order valence-corrected chi connectivity index (χ0v) is 15.9. The Kier molecular flexibility index (Phi) is 5.36. The normalized spacial score (nSPS) is 16.3. The van der Waals surface area contributed by atoms with Gasteiger partial charge in [-0.3, -0.25) is 4.90 Å². The average Bonchev–Trinajstić information content (AvgIpc) is 3.24. The molecule has 6 nitrogen and oxygen atoms in total. The smallest absolute Gasteiger partial charge is 0.244 e. The minimum absolute atomic E-state index is 0.0416. The van der Waals surface area contributed by atoms with E-state index < -0.39 is 0 Å². The van der Waals surface area contributed by atoms with Crippen molar-refractivity contribution in [2.24, 2.45) is 5.73 Å². The highest BCUT2D eigenvalue weighted by atomic mass is 19.1. The maximum atomic E-state index is 13.1. The van der Waals surface area contributed by atoms with Gasteiger partial charge in [-0.25, -0.2) is 4.39 Å². The second-order valence-corrected chi connectivity index (χ2v) is 7.03. The minimum atomic E-state index is -0.208. The number of piperazine rings is 1. The fourth-order valence-electron chi connectivity index (χ4n) is 3.49. The largest absolute Gasteiger partial charge is 0.369 e. The Bertz CT molecular complexity index is 901. The molecule has 1 aliphatic rings. The first kappa shape index (κ1) is 18.6. The van der Waals surface area contributed by atoms with Crippen LogP contribution in [-0.2, 0) is 6.54 Å². The number of nitrogens with zero attached hydrogens (tertiary/aromatic N) is 4. The van der Waals surface area contributed by atoms with Crippen LogP contribution in [-0.4, -0.2) is 41.2 Å². The van der Waals surface area contributed by atoms with Crippen LogP contribution in [0.5, 0.6) is 0 Å². The number of anilines is 1. The zero-order valence-electron chi connectivity index (χ0n) is 15.9. The molecule has 2 aromatic carbocycles. The molecule has 1 saturated heterocycles. The summed E-state index contributed by atoms with van der Waals surface area (Å²) >= 11 is 0. The van der Waals surface area contributed by atoms with Gasteiger partial charge in [-0.2, -0.15) is 4.98 Å². The molecule has 1 atom stereocenters. The van der Waals surface area contributed by atoms with Gasteiger partial charge in [0.2, 0.25) is 11.7 Å². The lowest BCUT2D eigenvalue weighted by atomic mass is 10.1. The van der Waals surface area contributed by atoms with Gasteiger partial charge < -0.3 is 15.2 Å². The van der Waals surface area contributed by atoms with E-state index in [1.54, 1.807) is 0 Å². The molecule has 0 aliphatic carbocycles. The van der Waals surface area contributed by atoms with Crippen molar-refractivity contribution >= 4 is 5.69 Å². The summed E-state index contributed by atoms with van der Waals surface area (Å²) in [4.78, 5) is 9.19. The number of nitrogens with two attached hydrogens (primary N) is 1. The number of halogens is 1. The van der Waals surface area contributed by atoms with E-state index in [1.165, 1.54) is 12.1 Å². The molecule has 1 aliphatic heterocycles. The molecule has 1 fully saturated rings. The Morgan fingerprint density at radius 2 is 1.71 bits per heavy atom. The predicted octanol–water partition coefficient (Wildman–Crippen LogP) is 3.22. The van der Waals surface area contributed by atoms with Crippen molar-refractivity contribution < 1.29 is 8.91 Å². The lowest BCUT2D eigenvalue weighted by Crippen LogP contribution is -2.47. The van der Waals surface area contributed by atoms with E-state index in [-0.39, 0.29) is 11.9 Å². The van der Waals surface area contributed by atoms with Crippen LogP contribution in [0.1, 0.15) is 24.4 Å². The molecule has 0 bridgehead atoms. The maximum absolute atomic E-state index is 13.1. The Morgan fingerprint density at radius 3 is 2.36 bits per heavy atom. The van der Waals surface area contributed by atoms with E-state index in [9.17, 15) is 4.39 Å². The SMILES string of the molecule is CC(c1nc(-c2ccc(CN)cc2)no1)N1CCN(c2ccc(F)cc2)CC1. The minimum Gasteiger partial charge on any atom is -0.369 e. The van der Waals surface area contributed by atoms with Crippen LogP contribution in [0.2, 0.25) is 0 Å². The van der Waals surface area contributed by atoms with Crippen molar-refractivity contribution in [3.05, 3.63) is 65.8 Å². The first-order chi connectivity index (χ1) is 13.6. The number of rotatable bonds is 5. The standard InChI is InChI=1S/C21H24FN5O/c1-15(21-24-20(25-28-21)17-4-2-16(14-23)3-5-17)26-10-12-27(13-11-26)19-8-6-18(22)7-9-19/h2-9,15H,10-14,23H2,1H3. The summed E-state index contributed by atoms with van der Waals surface area (Å²) in [6.45, 7) is 6.10. The van der Waals surface area contributed by atoms with Crippen LogP contribution < -0.4 is 10.6 Å². The molecule has 0 amide bonds. The Labute approximate surface area is 163 Å². The summed E-state index contributed by atoms with van der Waals surface area (Å²) in [7, 11) is 0. The average molecular weight is 381 g/mol. The number of hydrogen-bond donors (Lipinski definition) is 1. The molecule has 146 valence electrons. The Balaban J connectivity index is 1.39. The lowest BCUT2D eigenvalue weighted by Gasteiger charge is -2.38. The Hall–Kier alpha value is -2.77. The highest BCUT2D eigenvalue weighted by molar-refractivity contribution is 5.54. The molecular weight excluding hydrogens is 357 g/mol. The van der Waals surface area contributed by atoms with Crippen LogP contribution in [0.4, 0.5) is 10.1 Å². The van der Waals surface area contributed by atoms with Crippen LogP contribution in [0, 0.1) is 5.82 Å². The fourth-order valence-corrected chi connectivity index (χ4v) is 3.49. The van der Waals surface area contributed by atoms with Crippen molar-refractivity contribution in [1.29, 1.82) is 0 Å². The van der Waals surface area contributed by atoms with Crippen LogP contribution in [0.3, 0.4) is 0 Å². The first-order valence-corrected chi connectivity index (χ1v) is 9.51. The zero-order chi connectivity index (χ0) is 19.5. The molecule has 1 aromatic heterocycles.